The van der Waals surface area contributed by atoms with Crippen molar-refractivity contribution in [2.75, 3.05) is 13.2 Å². The highest BCUT2D eigenvalue weighted by Crippen LogP contribution is 2.32. The second-order valence-electron chi connectivity index (χ2n) is 9.85. The quantitative estimate of drug-likeness (QED) is 0.215. The standard InChI is InChI=1S/C26H24F2N4O12/c27-13-7-31(25(39)29-21(13)35)19-5-15(17(9-33)41-19)43-23(37)11-2-1-3-12(4-11)24(38)44-16-6-20(42-18(16)10-34)32-8-14(28)22(36)30-26(32)40/h1-4,7-8,15-20,33-34H,5-6,9-10H2,(H,29,35,39)(H,30,36,40)/t15-,16-,17+,18+,19+,20+/m0/s1. The van der Waals surface area contributed by atoms with Gasteiger partial charge in [-0.3, -0.25) is 28.7 Å². The molecule has 6 atom stereocenters. The predicted molar refractivity (Wildman–Crippen MR) is 139 cm³/mol. The Balaban J connectivity index is 1.26. The highest BCUT2D eigenvalue weighted by molar-refractivity contribution is 5.95. The number of esters is 2. The molecule has 2 saturated heterocycles. The zero-order chi connectivity index (χ0) is 31.7. The summed E-state index contributed by atoms with van der Waals surface area (Å²) < 4.78 is 50.9. The van der Waals surface area contributed by atoms with Crippen LogP contribution in [0.1, 0.15) is 46.0 Å². The Morgan fingerprint density at radius 3 is 1.59 bits per heavy atom. The number of nitrogens with one attached hydrogen (secondary N) is 2. The Labute approximate surface area is 243 Å². The summed E-state index contributed by atoms with van der Waals surface area (Å²) in [4.78, 5) is 76.3. The number of rotatable bonds is 8. The van der Waals surface area contributed by atoms with Gasteiger partial charge in [0, 0.05) is 12.8 Å². The number of aliphatic hydroxyl groups excluding tert-OH is 2. The molecule has 0 radical (unpaired) electrons. The number of benzene rings is 1. The molecule has 16 nitrogen and oxygen atoms in total. The number of H-pyrrole nitrogens is 2. The lowest BCUT2D eigenvalue weighted by Gasteiger charge is -2.18. The van der Waals surface area contributed by atoms with Crippen molar-refractivity contribution in [2.24, 2.45) is 0 Å². The molecule has 2 aromatic heterocycles. The Morgan fingerprint density at radius 2 is 1.20 bits per heavy atom. The first kappa shape index (κ1) is 30.7. The Morgan fingerprint density at radius 1 is 0.795 bits per heavy atom. The average Bonchev–Trinajstić information content (AvgIpc) is 3.60. The molecule has 5 rings (SSSR count). The van der Waals surface area contributed by atoms with Crippen LogP contribution in [0.3, 0.4) is 0 Å². The van der Waals surface area contributed by atoms with Gasteiger partial charge in [-0.1, -0.05) is 6.07 Å². The second kappa shape index (κ2) is 12.4. The van der Waals surface area contributed by atoms with E-state index in [0.717, 1.165) is 15.2 Å². The van der Waals surface area contributed by atoms with E-state index in [1.54, 1.807) is 9.97 Å². The SMILES string of the molecule is O=C(O[C@H]1C[C@H](n2cc(F)c(=O)[nH]c2=O)O[C@@H]1CO)c1cccc(C(=O)O[C@H]2C[C@H](n3cc(F)c(=O)[nH]c3=O)O[C@@H]2CO)c1. The van der Waals surface area contributed by atoms with Crippen molar-refractivity contribution in [3.05, 3.63) is 101 Å². The van der Waals surface area contributed by atoms with Gasteiger partial charge in [0.05, 0.1) is 36.7 Å². The van der Waals surface area contributed by atoms with E-state index < -0.39 is 96.2 Å². The van der Waals surface area contributed by atoms with Crippen LogP contribution in [0.25, 0.3) is 0 Å². The lowest BCUT2D eigenvalue weighted by molar-refractivity contribution is -0.0525. The van der Waals surface area contributed by atoms with Crippen LogP contribution in [0.2, 0.25) is 0 Å². The number of hydrogen-bond donors (Lipinski definition) is 4. The van der Waals surface area contributed by atoms with Crippen molar-refractivity contribution in [2.45, 2.75) is 49.7 Å². The lowest BCUT2D eigenvalue weighted by Crippen LogP contribution is -2.34. The molecule has 2 aliphatic heterocycles. The number of hydrogen-bond acceptors (Lipinski definition) is 12. The van der Waals surface area contributed by atoms with E-state index in [9.17, 15) is 47.8 Å². The predicted octanol–water partition coefficient (Wildman–Crippen LogP) is -1.32. The van der Waals surface area contributed by atoms with E-state index in [1.807, 2.05) is 0 Å². The number of carbonyl (C=O) groups excluding carboxylic acids is 2. The number of halogens is 2. The van der Waals surface area contributed by atoms with Crippen molar-refractivity contribution in [3.63, 3.8) is 0 Å². The van der Waals surface area contributed by atoms with Crippen molar-refractivity contribution >= 4 is 11.9 Å². The molecule has 4 N–H and O–H groups in total. The third-order valence-corrected chi connectivity index (χ3v) is 7.04. The van der Waals surface area contributed by atoms with Gasteiger partial charge in [-0.15, -0.1) is 0 Å². The molecule has 1 aromatic carbocycles. The summed E-state index contributed by atoms with van der Waals surface area (Å²) in [7, 11) is 0. The number of nitrogens with zero attached hydrogens (tertiary/aromatic N) is 2. The summed E-state index contributed by atoms with van der Waals surface area (Å²) in [5.74, 6) is -4.38. The molecule has 234 valence electrons. The van der Waals surface area contributed by atoms with E-state index in [-0.39, 0.29) is 24.0 Å². The van der Waals surface area contributed by atoms with Gasteiger partial charge >= 0.3 is 23.3 Å². The highest BCUT2D eigenvalue weighted by atomic mass is 19.1. The van der Waals surface area contributed by atoms with Crippen LogP contribution < -0.4 is 22.5 Å². The van der Waals surface area contributed by atoms with Gasteiger partial charge in [0.1, 0.15) is 36.9 Å². The van der Waals surface area contributed by atoms with E-state index >= 15 is 0 Å². The molecule has 0 aliphatic carbocycles. The zero-order valence-corrected chi connectivity index (χ0v) is 22.4. The third-order valence-electron chi connectivity index (χ3n) is 7.04. The first-order chi connectivity index (χ1) is 21.0. The van der Waals surface area contributed by atoms with Gasteiger partial charge in [0.25, 0.3) is 11.1 Å². The summed E-state index contributed by atoms with van der Waals surface area (Å²) in [5.41, 5.74) is -4.62. The molecule has 18 heteroatoms. The zero-order valence-electron chi connectivity index (χ0n) is 22.4. The Hall–Kier alpha value is -4.78. The largest absolute Gasteiger partial charge is 0.456 e. The smallest absolute Gasteiger partial charge is 0.338 e. The number of carbonyl (C=O) groups is 2. The topological polar surface area (TPSA) is 221 Å². The maximum Gasteiger partial charge on any atom is 0.338 e. The lowest BCUT2D eigenvalue weighted by atomic mass is 10.1. The molecule has 0 spiro atoms. The van der Waals surface area contributed by atoms with E-state index in [1.165, 1.54) is 18.2 Å². The average molecular weight is 622 g/mol. The van der Waals surface area contributed by atoms with Crippen molar-refractivity contribution in [1.29, 1.82) is 0 Å². The summed E-state index contributed by atoms with van der Waals surface area (Å²) in [6.07, 6.45) is -5.86. The van der Waals surface area contributed by atoms with Crippen LogP contribution in [-0.4, -0.2) is 78.9 Å². The van der Waals surface area contributed by atoms with Crippen LogP contribution in [0.5, 0.6) is 0 Å². The van der Waals surface area contributed by atoms with Gasteiger partial charge in [-0.05, 0) is 18.2 Å². The van der Waals surface area contributed by atoms with Crippen LogP contribution >= 0.6 is 0 Å². The van der Waals surface area contributed by atoms with Gasteiger partial charge < -0.3 is 29.2 Å². The molecule has 3 aromatic rings. The molecule has 2 fully saturated rings. The van der Waals surface area contributed by atoms with Crippen molar-refractivity contribution in [1.82, 2.24) is 19.1 Å². The van der Waals surface area contributed by atoms with E-state index in [0.29, 0.717) is 12.4 Å². The molecule has 4 heterocycles. The van der Waals surface area contributed by atoms with Gasteiger partial charge in [-0.25, -0.2) is 19.2 Å². The monoisotopic (exact) mass is 622 g/mol. The fourth-order valence-electron chi connectivity index (χ4n) is 4.85. The fourth-order valence-corrected chi connectivity index (χ4v) is 4.85. The maximum absolute atomic E-state index is 13.7. The number of aliphatic hydroxyl groups is 2. The molecule has 2 aliphatic rings. The summed E-state index contributed by atoms with van der Waals surface area (Å²) in [5, 5.41) is 19.4. The van der Waals surface area contributed by atoms with E-state index in [4.69, 9.17) is 18.9 Å². The molecule has 0 amide bonds. The normalized spacial score (nSPS) is 24.7. The molecule has 0 saturated carbocycles. The van der Waals surface area contributed by atoms with Gasteiger partial charge in [-0.2, -0.15) is 8.78 Å². The second-order valence-corrected chi connectivity index (χ2v) is 9.85. The van der Waals surface area contributed by atoms with Crippen LogP contribution in [-0.2, 0) is 18.9 Å². The number of aromatic amines is 2. The first-order valence-corrected chi connectivity index (χ1v) is 13.1. The first-order valence-electron chi connectivity index (χ1n) is 13.1. The highest BCUT2D eigenvalue weighted by Gasteiger charge is 2.41. The minimum absolute atomic E-state index is 0.110. The maximum atomic E-state index is 13.7. The van der Waals surface area contributed by atoms with Crippen molar-refractivity contribution in [3.8, 4) is 0 Å². The Kier molecular flexibility index (Phi) is 8.68. The van der Waals surface area contributed by atoms with Crippen LogP contribution in [0.4, 0.5) is 8.78 Å². The third kappa shape index (κ3) is 6.13. The van der Waals surface area contributed by atoms with Crippen LogP contribution in [0, 0.1) is 11.6 Å². The number of ether oxygens (including phenoxy) is 4. The molecule has 44 heavy (non-hydrogen) atoms. The Bertz CT molecular complexity index is 1690. The fraction of sp³-hybridized carbons (Fsp3) is 0.385. The molecule has 0 unspecified atom stereocenters. The molecule has 0 bridgehead atoms. The van der Waals surface area contributed by atoms with E-state index in [2.05, 4.69) is 0 Å². The van der Waals surface area contributed by atoms with Gasteiger partial charge in [0.2, 0.25) is 11.6 Å². The van der Waals surface area contributed by atoms with Gasteiger partial charge in [0.15, 0.2) is 0 Å². The summed E-state index contributed by atoms with van der Waals surface area (Å²) in [6.45, 7) is -1.26. The minimum atomic E-state index is -1.25. The molecular weight excluding hydrogens is 598 g/mol. The summed E-state index contributed by atoms with van der Waals surface area (Å²) >= 11 is 0. The van der Waals surface area contributed by atoms with Crippen molar-refractivity contribution < 1.29 is 47.5 Å². The van der Waals surface area contributed by atoms with Crippen LogP contribution in [0.15, 0.2) is 55.8 Å². The number of aromatic nitrogens is 4. The molecular formula is C26H24F2N4O12. The minimum Gasteiger partial charge on any atom is -0.456 e. The summed E-state index contributed by atoms with van der Waals surface area (Å²) in [6, 6.07) is 5.15.